The molecule has 3 N–H and O–H groups in total. The lowest BCUT2D eigenvalue weighted by Gasteiger charge is -2.03. The molecule has 0 aliphatic carbocycles. The Balaban J connectivity index is 2.06. The Morgan fingerprint density at radius 2 is 2.50 bits per heavy atom. The molecule has 2 nitrogen and oxygen atoms in total. The summed E-state index contributed by atoms with van der Waals surface area (Å²) in [6.45, 7) is 2.00. The van der Waals surface area contributed by atoms with Crippen LogP contribution in [0.1, 0.15) is 19.3 Å². The average Bonchev–Trinajstić information content (AvgIpc) is 2.19. The van der Waals surface area contributed by atoms with E-state index in [1.165, 1.54) is 12.8 Å². The summed E-state index contributed by atoms with van der Waals surface area (Å²) in [6.07, 6.45) is 4.22. The van der Waals surface area contributed by atoms with Gasteiger partial charge in [0.1, 0.15) is 0 Å². The Kier molecular flexibility index (Phi) is 2.30. The molecular formula is C6H14NO+. The van der Waals surface area contributed by atoms with Crippen molar-refractivity contribution in [3.63, 3.8) is 0 Å². The predicted octanol–water partition coefficient (Wildman–Crippen LogP) is -0.203. The first-order valence-electron chi connectivity index (χ1n) is 3.34. The van der Waals surface area contributed by atoms with E-state index < -0.39 is 0 Å². The van der Waals surface area contributed by atoms with Crippen molar-refractivity contribution in [3.05, 3.63) is 0 Å². The van der Waals surface area contributed by atoms with Crippen LogP contribution >= 0.6 is 0 Å². The number of hydrogen-bond acceptors (Lipinski definition) is 1. The van der Waals surface area contributed by atoms with Gasteiger partial charge in [0.05, 0.1) is 12.6 Å². The van der Waals surface area contributed by atoms with E-state index in [2.05, 4.69) is 5.73 Å². The fourth-order valence-corrected chi connectivity index (χ4v) is 1.10. The van der Waals surface area contributed by atoms with Gasteiger partial charge < -0.3 is 10.5 Å². The van der Waals surface area contributed by atoms with Crippen LogP contribution in [0.3, 0.4) is 0 Å². The second-order valence-corrected chi connectivity index (χ2v) is 2.28. The standard InChI is InChI=1S/C6H13NO/c7-4-3-6-2-1-5-8-6/h6H,1-5,7H2/p+1/t6-/m0/s1. The van der Waals surface area contributed by atoms with Gasteiger partial charge in [-0.3, -0.25) is 0 Å². The van der Waals surface area contributed by atoms with Gasteiger partial charge in [0.15, 0.2) is 0 Å². The van der Waals surface area contributed by atoms with Gasteiger partial charge in [-0.2, -0.15) is 0 Å². The second kappa shape index (κ2) is 3.05. The van der Waals surface area contributed by atoms with Crippen molar-refractivity contribution in [2.45, 2.75) is 25.4 Å². The minimum absolute atomic E-state index is 0.549. The predicted molar refractivity (Wildman–Crippen MR) is 31.3 cm³/mol. The van der Waals surface area contributed by atoms with Gasteiger partial charge in [0, 0.05) is 13.0 Å². The lowest BCUT2D eigenvalue weighted by molar-refractivity contribution is -0.371. The molecule has 1 atom stereocenters. The van der Waals surface area contributed by atoms with Crippen LogP contribution < -0.4 is 5.73 Å². The Bertz CT molecular complexity index is 59.5. The Hall–Kier alpha value is -0.0800. The minimum atomic E-state index is 0.549. The summed E-state index contributed by atoms with van der Waals surface area (Å²) < 4.78 is 5.35. The van der Waals surface area contributed by atoms with Crippen LogP contribution in [0.2, 0.25) is 0 Å². The highest BCUT2D eigenvalue weighted by Crippen LogP contribution is 2.13. The van der Waals surface area contributed by atoms with E-state index in [0.717, 1.165) is 19.6 Å². The third-order valence-electron chi connectivity index (χ3n) is 1.55. The van der Waals surface area contributed by atoms with Gasteiger partial charge in [-0.15, -0.1) is 0 Å². The normalized spacial score (nSPS) is 28.9. The first kappa shape index (κ1) is 6.05. The topological polar surface area (TPSA) is 36.9 Å². The van der Waals surface area contributed by atoms with Crippen LogP contribution in [0.5, 0.6) is 0 Å². The highest BCUT2D eigenvalue weighted by Gasteiger charge is 2.13. The SMILES string of the molecule is [NH3+]CC[C@@H]1CCCO1. The van der Waals surface area contributed by atoms with Crippen molar-refractivity contribution in [1.82, 2.24) is 0 Å². The third kappa shape index (κ3) is 1.46. The lowest BCUT2D eigenvalue weighted by Crippen LogP contribution is -2.51. The molecule has 0 amide bonds. The van der Waals surface area contributed by atoms with E-state index in [9.17, 15) is 0 Å². The molecule has 0 spiro atoms. The molecule has 0 aromatic carbocycles. The van der Waals surface area contributed by atoms with Gasteiger partial charge in [0.2, 0.25) is 0 Å². The molecule has 0 unspecified atom stereocenters. The van der Waals surface area contributed by atoms with E-state index in [1.807, 2.05) is 0 Å². The van der Waals surface area contributed by atoms with Crippen LogP contribution in [0.25, 0.3) is 0 Å². The minimum Gasteiger partial charge on any atom is -0.378 e. The van der Waals surface area contributed by atoms with E-state index >= 15 is 0 Å². The maximum atomic E-state index is 5.35. The van der Waals surface area contributed by atoms with Crippen LogP contribution in [0.15, 0.2) is 0 Å². The van der Waals surface area contributed by atoms with Gasteiger partial charge in [-0.1, -0.05) is 0 Å². The first-order chi connectivity index (χ1) is 3.93. The van der Waals surface area contributed by atoms with Crippen molar-refractivity contribution in [2.75, 3.05) is 13.2 Å². The van der Waals surface area contributed by atoms with E-state index in [-0.39, 0.29) is 0 Å². The average molecular weight is 116 g/mol. The zero-order chi connectivity index (χ0) is 5.82. The summed E-state index contributed by atoms with van der Waals surface area (Å²) in [7, 11) is 0. The van der Waals surface area contributed by atoms with Gasteiger partial charge >= 0.3 is 0 Å². The number of rotatable bonds is 2. The molecule has 1 fully saturated rings. The summed E-state index contributed by atoms with van der Waals surface area (Å²) in [5.74, 6) is 0. The monoisotopic (exact) mass is 116 g/mol. The Morgan fingerprint density at radius 1 is 1.62 bits per heavy atom. The fourth-order valence-electron chi connectivity index (χ4n) is 1.10. The molecule has 1 rings (SSSR count). The molecular weight excluding hydrogens is 102 g/mol. The Labute approximate surface area is 50.0 Å². The summed E-state index contributed by atoms with van der Waals surface area (Å²) in [5, 5.41) is 0. The Morgan fingerprint density at radius 3 is 3.00 bits per heavy atom. The molecule has 1 aliphatic rings. The summed E-state index contributed by atoms with van der Waals surface area (Å²) in [6, 6.07) is 0. The highest BCUT2D eigenvalue weighted by atomic mass is 16.5. The van der Waals surface area contributed by atoms with E-state index in [4.69, 9.17) is 4.74 Å². The number of quaternary nitrogens is 1. The van der Waals surface area contributed by atoms with Crippen molar-refractivity contribution in [2.24, 2.45) is 0 Å². The molecule has 2 heteroatoms. The summed E-state index contributed by atoms with van der Waals surface area (Å²) in [5.41, 5.74) is 3.77. The maximum Gasteiger partial charge on any atom is 0.0764 e. The van der Waals surface area contributed by atoms with Crippen LogP contribution in [-0.2, 0) is 4.74 Å². The zero-order valence-electron chi connectivity index (χ0n) is 5.23. The lowest BCUT2D eigenvalue weighted by atomic mass is 10.2. The fraction of sp³-hybridized carbons (Fsp3) is 1.00. The van der Waals surface area contributed by atoms with Crippen molar-refractivity contribution in [3.8, 4) is 0 Å². The largest absolute Gasteiger partial charge is 0.378 e. The van der Waals surface area contributed by atoms with Crippen LogP contribution in [0.4, 0.5) is 0 Å². The summed E-state index contributed by atoms with van der Waals surface area (Å²) in [4.78, 5) is 0. The molecule has 0 aromatic rings. The van der Waals surface area contributed by atoms with Gasteiger partial charge in [-0.25, -0.2) is 0 Å². The van der Waals surface area contributed by atoms with Crippen LogP contribution in [0, 0.1) is 0 Å². The molecule has 0 saturated carbocycles. The molecule has 1 heterocycles. The zero-order valence-corrected chi connectivity index (χ0v) is 5.23. The molecule has 48 valence electrons. The number of ether oxygens (including phenoxy) is 1. The third-order valence-corrected chi connectivity index (χ3v) is 1.55. The van der Waals surface area contributed by atoms with E-state index in [1.54, 1.807) is 0 Å². The smallest absolute Gasteiger partial charge is 0.0764 e. The van der Waals surface area contributed by atoms with Gasteiger partial charge in [-0.05, 0) is 12.8 Å². The quantitative estimate of drug-likeness (QED) is 0.533. The van der Waals surface area contributed by atoms with Crippen molar-refractivity contribution < 1.29 is 10.5 Å². The van der Waals surface area contributed by atoms with Gasteiger partial charge in [0.25, 0.3) is 0 Å². The van der Waals surface area contributed by atoms with Crippen molar-refractivity contribution in [1.29, 1.82) is 0 Å². The molecule has 1 saturated heterocycles. The van der Waals surface area contributed by atoms with Crippen molar-refractivity contribution >= 4 is 0 Å². The molecule has 1 aliphatic heterocycles. The molecule has 8 heavy (non-hydrogen) atoms. The maximum absolute atomic E-state index is 5.35. The molecule has 0 radical (unpaired) electrons. The highest BCUT2D eigenvalue weighted by molar-refractivity contribution is 4.62. The summed E-state index contributed by atoms with van der Waals surface area (Å²) >= 11 is 0. The second-order valence-electron chi connectivity index (χ2n) is 2.28. The molecule has 0 bridgehead atoms. The number of hydrogen-bond donors (Lipinski definition) is 1. The first-order valence-corrected chi connectivity index (χ1v) is 3.34. The van der Waals surface area contributed by atoms with E-state index in [0.29, 0.717) is 6.10 Å². The molecule has 0 aromatic heterocycles. The van der Waals surface area contributed by atoms with Crippen LogP contribution in [-0.4, -0.2) is 19.3 Å².